The molecule has 1 atom stereocenters. The van der Waals surface area contributed by atoms with E-state index in [-0.39, 0.29) is 34.7 Å². The van der Waals surface area contributed by atoms with Crippen LogP contribution in [0.3, 0.4) is 0 Å². The Bertz CT molecular complexity index is 642. The van der Waals surface area contributed by atoms with Crippen molar-refractivity contribution in [2.75, 3.05) is 18.8 Å². The molecule has 2 aliphatic rings. The van der Waals surface area contributed by atoms with Crippen molar-refractivity contribution >= 4 is 28.7 Å². The highest BCUT2D eigenvalue weighted by molar-refractivity contribution is 8.14. The second-order valence-electron chi connectivity index (χ2n) is 6.09. The van der Waals surface area contributed by atoms with Gasteiger partial charge < -0.3 is 10.2 Å². The van der Waals surface area contributed by atoms with E-state index in [1.165, 1.54) is 36.0 Å². The maximum absolute atomic E-state index is 12.9. The van der Waals surface area contributed by atoms with E-state index in [0.717, 1.165) is 5.75 Å². The average Bonchev–Trinajstić information content (AvgIpc) is 3.00. The van der Waals surface area contributed by atoms with E-state index in [2.05, 4.69) is 5.32 Å². The van der Waals surface area contributed by atoms with Crippen LogP contribution in [0, 0.1) is 11.7 Å². The molecule has 0 spiro atoms. The Balaban J connectivity index is 1.51. The zero-order valence-corrected chi connectivity index (χ0v) is 14.0. The molecule has 0 radical (unpaired) electrons. The van der Waals surface area contributed by atoms with Crippen LogP contribution < -0.4 is 5.32 Å². The standard InChI is InChI=1S/C17H19FN2O3S/c18-13-3-1-12(2-4-13)16(22)20-8-5-11(6-9-20)15(21)19-14-7-10-24-17(14)23/h1-4,11,14H,5-10H2,(H,19,21). The molecule has 2 fully saturated rings. The lowest BCUT2D eigenvalue weighted by molar-refractivity contribution is -0.129. The summed E-state index contributed by atoms with van der Waals surface area (Å²) in [5, 5.41) is 2.86. The van der Waals surface area contributed by atoms with Gasteiger partial charge >= 0.3 is 0 Å². The van der Waals surface area contributed by atoms with Gasteiger partial charge in [-0.25, -0.2) is 4.39 Å². The molecule has 2 saturated heterocycles. The number of piperidine rings is 1. The zero-order valence-electron chi connectivity index (χ0n) is 13.2. The molecule has 7 heteroatoms. The zero-order chi connectivity index (χ0) is 17.1. The summed E-state index contributed by atoms with van der Waals surface area (Å²) in [4.78, 5) is 37.9. The van der Waals surface area contributed by atoms with E-state index < -0.39 is 0 Å². The Hall–Kier alpha value is -1.89. The molecule has 1 N–H and O–H groups in total. The van der Waals surface area contributed by atoms with Crippen LogP contribution in [-0.2, 0) is 9.59 Å². The molecule has 2 heterocycles. The van der Waals surface area contributed by atoms with Crippen molar-refractivity contribution < 1.29 is 18.8 Å². The molecule has 0 aliphatic carbocycles. The van der Waals surface area contributed by atoms with Crippen molar-refractivity contribution in [2.45, 2.75) is 25.3 Å². The van der Waals surface area contributed by atoms with Crippen LogP contribution in [0.4, 0.5) is 4.39 Å². The quantitative estimate of drug-likeness (QED) is 0.903. The third-order valence-electron chi connectivity index (χ3n) is 4.50. The monoisotopic (exact) mass is 350 g/mol. The second-order valence-corrected chi connectivity index (χ2v) is 7.19. The number of benzene rings is 1. The second kappa shape index (κ2) is 7.34. The van der Waals surface area contributed by atoms with Gasteiger partial charge in [-0.2, -0.15) is 0 Å². The number of amides is 2. The molecule has 5 nitrogen and oxygen atoms in total. The summed E-state index contributed by atoms with van der Waals surface area (Å²) in [6, 6.07) is 5.12. The Labute approximate surface area is 144 Å². The van der Waals surface area contributed by atoms with Gasteiger partial charge in [-0.15, -0.1) is 0 Å². The van der Waals surface area contributed by atoms with Crippen molar-refractivity contribution in [3.8, 4) is 0 Å². The van der Waals surface area contributed by atoms with Crippen LogP contribution in [-0.4, -0.2) is 46.7 Å². The van der Waals surface area contributed by atoms with Crippen LogP contribution in [0.25, 0.3) is 0 Å². The topological polar surface area (TPSA) is 66.5 Å². The SMILES string of the molecule is O=C(NC1CCSC1=O)C1CCN(C(=O)c2ccc(F)cc2)CC1. The highest BCUT2D eigenvalue weighted by Gasteiger charge is 2.32. The van der Waals surface area contributed by atoms with Gasteiger partial charge in [0.15, 0.2) is 0 Å². The number of nitrogens with one attached hydrogen (secondary N) is 1. The number of carbonyl (C=O) groups excluding carboxylic acids is 3. The van der Waals surface area contributed by atoms with Crippen molar-refractivity contribution in [3.05, 3.63) is 35.6 Å². The maximum Gasteiger partial charge on any atom is 0.253 e. The van der Waals surface area contributed by atoms with Crippen molar-refractivity contribution in [3.63, 3.8) is 0 Å². The first-order valence-electron chi connectivity index (χ1n) is 8.06. The highest BCUT2D eigenvalue weighted by atomic mass is 32.2. The number of nitrogens with zero attached hydrogens (tertiary/aromatic N) is 1. The molecule has 0 bridgehead atoms. The first-order valence-corrected chi connectivity index (χ1v) is 9.05. The Morgan fingerprint density at radius 2 is 1.79 bits per heavy atom. The van der Waals surface area contributed by atoms with E-state index in [0.29, 0.717) is 37.9 Å². The summed E-state index contributed by atoms with van der Waals surface area (Å²) in [5.74, 6) is -0.0165. The van der Waals surface area contributed by atoms with Gasteiger partial charge in [0, 0.05) is 30.3 Å². The fraction of sp³-hybridized carbons (Fsp3) is 0.471. The van der Waals surface area contributed by atoms with E-state index in [4.69, 9.17) is 0 Å². The van der Waals surface area contributed by atoms with Crippen LogP contribution >= 0.6 is 11.8 Å². The molecule has 1 unspecified atom stereocenters. The number of likely N-dealkylation sites (tertiary alicyclic amines) is 1. The third kappa shape index (κ3) is 3.77. The molecule has 2 amide bonds. The number of hydrogen-bond donors (Lipinski definition) is 1. The van der Waals surface area contributed by atoms with E-state index in [1.54, 1.807) is 4.90 Å². The van der Waals surface area contributed by atoms with Crippen molar-refractivity contribution in [1.82, 2.24) is 10.2 Å². The van der Waals surface area contributed by atoms with Gasteiger partial charge in [-0.3, -0.25) is 14.4 Å². The molecule has 128 valence electrons. The summed E-state index contributed by atoms with van der Waals surface area (Å²) in [6.45, 7) is 0.976. The summed E-state index contributed by atoms with van der Waals surface area (Å²) in [7, 11) is 0. The number of halogens is 1. The molecule has 0 saturated carbocycles. The molecule has 2 aliphatic heterocycles. The average molecular weight is 350 g/mol. The fourth-order valence-electron chi connectivity index (χ4n) is 3.04. The van der Waals surface area contributed by atoms with Crippen molar-refractivity contribution in [2.24, 2.45) is 5.92 Å². The molecule has 3 rings (SSSR count). The van der Waals surface area contributed by atoms with Crippen LogP contribution in [0.1, 0.15) is 29.6 Å². The summed E-state index contributed by atoms with van der Waals surface area (Å²) < 4.78 is 12.9. The van der Waals surface area contributed by atoms with Gasteiger partial charge in [-0.1, -0.05) is 11.8 Å². The van der Waals surface area contributed by atoms with Gasteiger partial charge in [0.25, 0.3) is 5.91 Å². The minimum atomic E-state index is -0.374. The largest absolute Gasteiger partial charge is 0.345 e. The Kier molecular flexibility index (Phi) is 5.18. The first kappa shape index (κ1) is 17.0. The fourth-order valence-corrected chi connectivity index (χ4v) is 3.97. The number of thioether (sulfide) groups is 1. The van der Waals surface area contributed by atoms with Gasteiger partial charge in [-0.05, 0) is 43.5 Å². The predicted octanol–water partition coefficient (Wildman–Crippen LogP) is 1.83. The lowest BCUT2D eigenvalue weighted by Gasteiger charge is -2.31. The highest BCUT2D eigenvalue weighted by Crippen LogP contribution is 2.23. The molecule has 0 aromatic heterocycles. The first-order chi connectivity index (χ1) is 11.5. The summed E-state index contributed by atoms with van der Waals surface area (Å²) >= 11 is 1.26. The van der Waals surface area contributed by atoms with Gasteiger partial charge in [0.2, 0.25) is 11.0 Å². The Morgan fingerprint density at radius 3 is 2.38 bits per heavy atom. The molecule has 24 heavy (non-hydrogen) atoms. The lowest BCUT2D eigenvalue weighted by Crippen LogP contribution is -2.46. The van der Waals surface area contributed by atoms with Crippen LogP contribution in [0.15, 0.2) is 24.3 Å². The summed E-state index contributed by atoms with van der Waals surface area (Å²) in [6.07, 6.45) is 1.84. The van der Waals surface area contributed by atoms with E-state index >= 15 is 0 Å². The molecular weight excluding hydrogens is 331 g/mol. The van der Waals surface area contributed by atoms with Crippen LogP contribution in [0.5, 0.6) is 0 Å². The van der Waals surface area contributed by atoms with Gasteiger partial charge in [0.05, 0.1) is 6.04 Å². The van der Waals surface area contributed by atoms with E-state index in [9.17, 15) is 18.8 Å². The molecule has 1 aromatic carbocycles. The predicted molar refractivity (Wildman–Crippen MR) is 89.0 cm³/mol. The minimum Gasteiger partial charge on any atom is -0.345 e. The summed E-state index contributed by atoms with van der Waals surface area (Å²) in [5.41, 5.74) is 0.452. The minimum absolute atomic E-state index is 0.0345. The van der Waals surface area contributed by atoms with Crippen molar-refractivity contribution in [1.29, 1.82) is 0 Å². The maximum atomic E-state index is 12.9. The van der Waals surface area contributed by atoms with Gasteiger partial charge in [0.1, 0.15) is 5.82 Å². The number of carbonyl (C=O) groups is 3. The number of hydrogen-bond acceptors (Lipinski definition) is 4. The smallest absolute Gasteiger partial charge is 0.253 e. The molecule has 1 aromatic rings. The molecular formula is C17H19FN2O3S. The normalized spacial score (nSPS) is 21.8. The van der Waals surface area contributed by atoms with E-state index in [1.807, 2.05) is 0 Å². The Morgan fingerprint density at radius 1 is 1.12 bits per heavy atom. The lowest BCUT2D eigenvalue weighted by atomic mass is 9.95. The van der Waals surface area contributed by atoms with Crippen LogP contribution in [0.2, 0.25) is 0 Å². The number of rotatable bonds is 3. The third-order valence-corrected chi connectivity index (χ3v) is 5.50.